The van der Waals surface area contributed by atoms with Crippen LogP contribution in [0.1, 0.15) is 23.7 Å². The van der Waals surface area contributed by atoms with Gasteiger partial charge in [-0.3, -0.25) is 4.84 Å². The molecule has 0 bridgehead atoms. The van der Waals surface area contributed by atoms with Crippen LogP contribution in [-0.2, 0) is 16.9 Å². The van der Waals surface area contributed by atoms with Gasteiger partial charge in [0.2, 0.25) is 0 Å². The number of halogens is 2. The zero-order valence-electron chi connectivity index (χ0n) is 14.3. The maximum absolute atomic E-state index is 13.5. The van der Waals surface area contributed by atoms with Crippen molar-refractivity contribution in [2.75, 3.05) is 7.05 Å². The largest absolute Gasteiger partial charge is 0.335 e. The molecule has 1 aliphatic heterocycles. The molecule has 2 aromatic carbocycles. The normalized spacial score (nSPS) is 23.4. The van der Waals surface area contributed by atoms with Crippen LogP contribution in [0.5, 0.6) is 0 Å². The lowest BCUT2D eigenvalue weighted by Gasteiger charge is -2.34. The second-order valence-electron chi connectivity index (χ2n) is 6.59. The Balaban J connectivity index is 1.75. The van der Waals surface area contributed by atoms with Gasteiger partial charge in [0.25, 0.3) is 0 Å². The van der Waals surface area contributed by atoms with E-state index in [1.54, 1.807) is 12.5 Å². The average molecular weight is 372 g/mol. The third-order valence-corrected chi connectivity index (χ3v) is 5.39. The molecule has 1 aliphatic rings. The van der Waals surface area contributed by atoms with Crippen LogP contribution in [0.2, 0.25) is 5.02 Å². The molecular weight excluding hydrogens is 353 g/mol. The van der Waals surface area contributed by atoms with Gasteiger partial charge in [-0.25, -0.2) is 9.37 Å². The zero-order valence-corrected chi connectivity index (χ0v) is 15.1. The second kappa shape index (κ2) is 6.83. The minimum Gasteiger partial charge on any atom is -0.335 e. The Morgan fingerprint density at radius 2 is 2.00 bits per heavy atom. The molecule has 1 aromatic heterocycles. The summed E-state index contributed by atoms with van der Waals surface area (Å²) in [6.07, 6.45) is 5.96. The minimum atomic E-state index is -0.460. The van der Waals surface area contributed by atoms with Crippen LogP contribution in [0.3, 0.4) is 0 Å². The van der Waals surface area contributed by atoms with Gasteiger partial charge in [0.05, 0.1) is 11.9 Å². The van der Waals surface area contributed by atoms with Gasteiger partial charge in [-0.1, -0.05) is 41.9 Å². The maximum Gasteiger partial charge on any atom is 0.123 e. The summed E-state index contributed by atoms with van der Waals surface area (Å²) in [5.41, 5.74) is 1.48. The smallest absolute Gasteiger partial charge is 0.123 e. The third kappa shape index (κ3) is 3.03. The standard InChI is InChI=1S/C20H19ClFN3O/c1-24-20(13-25-11-10-23-14-25,15-6-8-16(22)9-7-15)12-19(26-24)17-4-2-3-5-18(17)21/h2-11,14,19H,12-13H2,1H3/t19-,20-/m1/s1. The predicted octanol–water partition coefficient (Wildman–Crippen LogP) is 4.58. The van der Waals surface area contributed by atoms with Crippen LogP contribution in [-0.4, -0.2) is 21.7 Å². The molecule has 0 unspecified atom stereocenters. The Labute approximate surface area is 156 Å². The molecule has 0 aliphatic carbocycles. The Morgan fingerprint density at radius 3 is 2.69 bits per heavy atom. The Morgan fingerprint density at radius 1 is 1.23 bits per heavy atom. The van der Waals surface area contributed by atoms with E-state index in [0.29, 0.717) is 18.0 Å². The van der Waals surface area contributed by atoms with E-state index < -0.39 is 5.54 Å². The van der Waals surface area contributed by atoms with E-state index >= 15 is 0 Å². The highest BCUT2D eigenvalue weighted by Gasteiger charge is 2.47. The van der Waals surface area contributed by atoms with Crippen molar-refractivity contribution in [3.63, 3.8) is 0 Å². The van der Waals surface area contributed by atoms with Crippen LogP contribution >= 0.6 is 11.6 Å². The maximum atomic E-state index is 13.5. The van der Waals surface area contributed by atoms with E-state index in [1.165, 1.54) is 12.1 Å². The van der Waals surface area contributed by atoms with Crippen molar-refractivity contribution in [2.24, 2.45) is 0 Å². The second-order valence-corrected chi connectivity index (χ2v) is 7.00. The van der Waals surface area contributed by atoms with Crippen molar-refractivity contribution >= 4 is 11.6 Å². The molecular formula is C20H19ClFN3O. The fourth-order valence-electron chi connectivity index (χ4n) is 3.66. The highest BCUT2D eigenvalue weighted by atomic mass is 35.5. The minimum absolute atomic E-state index is 0.178. The van der Waals surface area contributed by atoms with Gasteiger partial charge in [-0.15, -0.1) is 0 Å². The van der Waals surface area contributed by atoms with Crippen molar-refractivity contribution < 1.29 is 9.23 Å². The van der Waals surface area contributed by atoms with Crippen molar-refractivity contribution in [2.45, 2.75) is 24.6 Å². The highest BCUT2D eigenvalue weighted by Crippen LogP contribution is 2.47. The number of hydroxylamine groups is 2. The Kier molecular flexibility index (Phi) is 4.53. The van der Waals surface area contributed by atoms with E-state index in [4.69, 9.17) is 16.4 Å². The average Bonchev–Trinajstić information content (AvgIpc) is 3.25. The summed E-state index contributed by atoms with van der Waals surface area (Å²) >= 11 is 6.39. The number of hydrogen-bond donors (Lipinski definition) is 0. The molecule has 4 nitrogen and oxygen atoms in total. The van der Waals surface area contributed by atoms with Crippen molar-refractivity contribution in [3.05, 3.63) is 89.2 Å². The number of hydrogen-bond acceptors (Lipinski definition) is 3. The van der Waals surface area contributed by atoms with Gasteiger partial charge >= 0.3 is 0 Å². The summed E-state index contributed by atoms with van der Waals surface area (Å²) in [6.45, 7) is 0.635. The van der Waals surface area contributed by atoms with E-state index in [9.17, 15) is 4.39 Å². The number of imidazole rings is 1. The first-order chi connectivity index (χ1) is 12.6. The van der Waals surface area contributed by atoms with Gasteiger partial charge in [-0.05, 0) is 23.8 Å². The first-order valence-corrected chi connectivity index (χ1v) is 8.83. The summed E-state index contributed by atoms with van der Waals surface area (Å²) in [7, 11) is 1.91. The van der Waals surface area contributed by atoms with E-state index in [0.717, 1.165) is 11.1 Å². The van der Waals surface area contributed by atoms with E-state index in [-0.39, 0.29) is 11.9 Å². The van der Waals surface area contributed by atoms with Crippen molar-refractivity contribution in [3.8, 4) is 0 Å². The van der Waals surface area contributed by atoms with Gasteiger partial charge < -0.3 is 4.57 Å². The Hall–Kier alpha value is -2.21. The van der Waals surface area contributed by atoms with Crippen molar-refractivity contribution in [1.82, 2.24) is 14.6 Å². The molecule has 26 heavy (non-hydrogen) atoms. The lowest BCUT2D eigenvalue weighted by Crippen LogP contribution is -2.41. The number of rotatable bonds is 4. The van der Waals surface area contributed by atoms with E-state index in [2.05, 4.69) is 4.98 Å². The first kappa shape index (κ1) is 17.2. The number of aromatic nitrogens is 2. The third-order valence-electron chi connectivity index (χ3n) is 5.05. The molecule has 2 heterocycles. The molecule has 0 saturated carbocycles. The van der Waals surface area contributed by atoms with Crippen LogP contribution in [0, 0.1) is 5.82 Å². The predicted molar refractivity (Wildman–Crippen MR) is 98.0 cm³/mol. The SMILES string of the molecule is CN1O[C@@H](c2ccccc2Cl)C[C@@]1(Cn1ccnc1)c1ccc(F)cc1. The van der Waals surface area contributed by atoms with Gasteiger partial charge in [0.15, 0.2) is 0 Å². The van der Waals surface area contributed by atoms with Gasteiger partial charge in [0, 0.05) is 43.0 Å². The van der Waals surface area contributed by atoms with Gasteiger partial charge in [-0.2, -0.15) is 5.06 Å². The molecule has 3 aromatic rings. The number of benzene rings is 2. The van der Waals surface area contributed by atoms with Crippen molar-refractivity contribution in [1.29, 1.82) is 0 Å². The van der Waals surface area contributed by atoms with Gasteiger partial charge in [0.1, 0.15) is 11.9 Å². The molecule has 2 atom stereocenters. The summed E-state index contributed by atoms with van der Waals surface area (Å²) in [4.78, 5) is 10.3. The van der Waals surface area contributed by atoms with Crippen LogP contribution in [0.4, 0.5) is 4.39 Å². The van der Waals surface area contributed by atoms with Crippen LogP contribution in [0.25, 0.3) is 0 Å². The molecule has 1 saturated heterocycles. The highest BCUT2D eigenvalue weighted by molar-refractivity contribution is 6.31. The first-order valence-electron chi connectivity index (χ1n) is 8.45. The molecule has 0 N–H and O–H groups in total. The van der Waals surface area contributed by atoms with Crippen LogP contribution < -0.4 is 0 Å². The number of likely N-dealkylation sites (N-methyl/N-ethyl adjacent to an activating group) is 1. The summed E-state index contributed by atoms with van der Waals surface area (Å²) in [5, 5.41) is 2.55. The molecule has 0 spiro atoms. The fourth-order valence-corrected chi connectivity index (χ4v) is 3.92. The lowest BCUT2D eigenvalue weighted by molar-refractivity contribution is -0.176. The quantitative estimate of drug-likeness (QED) is 0.672. The summed E-state index contributed by atoms with van der Waals surface area (Å²) in [6, 6.07) is 14.3. The topological polar surface area (TPSA) is 30.3 Å². The Bertz CT molecular complexity index is 884. The molecule has 4 rings (SSSR count). The molecule has 0 radical (unpaired) electrons. The molecule has 0 amide bonds. The summed E-state index contributed by atoms with van der Waals surface area (Å²) < 4.78 is 15.5. The van der Waals surface area contributed by atoms with E-state index in [1.807, 2.05) is 59.3 Å². The molecule has 134 valence electrons. The molecule has 1 fully saturated rings. The number of nitrogens with zero attached hydrogens (tertiary/aromatic N) is 3. The van der Waals surface area contributed by atoms with Crippen LogP contribution in [0.15, 0.2) is 67.3 Å². The fraction of sp³-hybridized carbons (Fsp3) is 0.250. The summed E-state index contributed by atoms with van der Waals surface area (Å²) in [5.74, 6) is -0.254. The zero-order chi connectivity index (χ0) is 18.1. The lowest BCUT2D eigenvalue weighted by atomic mass is 9.83. The monoisotopic (exact) mass is 371 g/mol. The molecule has 6 heteroatoms.